The predicted octanol–water partition coefficient (Wildman–Crippen LogP) is 1.65. The summed E-state index contributed by atoms with van der Waals surface area (Å²) < 4.78 is 7.41. The lowest BCUT2D eigenvalue weighted by Crippen LogP contribution is -2.49. The number of amides is 1. The Morgan fingerprint density at radius 3 is 2.81 bits per heavy atom. The normalized spacial score (nSPS) is 23.4. The number of hydrogen-bond donors (Lipinski definition) is 0. The summed E-state index contributed by atoms with van der Waals surface area (Å²) in [6.45, 7) is 6.10. The van der Waals surface area contributed by atoms with Gasteiger partial charge < -0.3 is 14.2 Å². The number of fused-ring (bicyclic) bond motifs is 4. The number of nitrogens with zero attached hydrogens (tertiary/aromatic N) is 4. The smallest absolute Gasteiger partial charge is 0.255 e. The maximum absolute atomic E-state index is 13.2. The number of pyridine rings is 2. The number of rotatable bonds is 5. The predicted molar refractivity (Wildman–Crippen MR) is 117 cm³/mol. The van der Waals surface area contributed by atoms with Gasteiger partial charge in [0, 0.05) is 75.3 Å². The molecule has 2 aromatic heterocycles. The number of piperidine rings is 1. The molecule has 2 saturated heterocycles. The Balaban J connectivity index is 1.27. The lowest BCUT2D eigenvalue weighted by atomic mass is 9.82. The van der Waals surface area contributed by atoms with Crippen LogP contribution in [0.4, 0.5) is 0 Å². The lowest BCUT2D eigenvalue weighted by molar-refractivity contribution is -0.133. The number of ether oxygens (including phenoxy) is 1. The highest BCUT2D eigenvalue weighted by molar-refractivity contribution is 5.76. The Labute approximate surface area is 182 Å². The summed E-state index contributed by atoms with van der Waals surface area (Å²) in [7, 11) is 0. The highest BCUT2D eigenvalue weighted by Crippen LogP contribution is 2.35. The van der Waals surface area contributed by atoms with Crippen molar-refractivity contribution in [3.05, 3.63) is 63.8 Å². The first-order chi connectivity index (χ1) is 15.2. The van der Waals surface area contributed by atoms with Crippen LogP contribution in [-0.4, -0.2) is 64.7 Å². The van der Waals surface area contributed by atoms with Crippen LogP contribution in [0.5, 0.6) is 0 Å². The number of aromatic nitrogens is 2. The maximum Gasteiger partial charge on any atom is 0.255 e. The summed E-state index contributed by atoms with van der Waals surface area (Å²) in [5.41, 5.74) is 3.21. The van der Waals surface area contributed by atoms with E-state index in [2.05, 4.69) is 16.0 Å². The monoisotopic (exact) mass is 422 g/mol. The molecule has 3 aliphatic heterocycles. The van der Waals surface area contributed by atoms with Gasteiger partial charge in [-0.2, -0.15) is 0 Å². The Morgan fingerprint density at radius 2 is 2.00 bits per heavy atom. The van der Waals surface area contributed by atoms with E-state index in [1.54, 1.807) is 6.20 Å². The van der Waals surface area contributed by atoms with Crippen molar-refractivity contribution in [2.45, 2.75) is 38.3 Å². The molecule has 2 fully saturated rings. The van der Waals surface area contributed by atoms with Gasteiger partial charge in [0.05, 0.1) is 13.2 Å². The van der Waals surface area contributed by atoms with Crippen molar-refractivity contribution in [3.8, 4) is 0 Å². The van der Waals surface area contributed by atoms with Crippen LogP contribution in [0.3, 0.4) is 0 Å². The minimum absolute atomic E-state index is 0.148. The van der Waals surface area contributed by atoms with E-state index < -0.39 is 0 Å². The fourth-order valence-electron chi connectivity index (χ4n) is 5.27. The number of aryl methyl sites for hydroxylation is 1. The second kappa shape index (κ2) is 8.93. The van der Waals surface area contributed by atoms with Crippen LogP contribution >= 0.6 is 0 Å². The summed E-state index contributed by atoms with van der Waals surface area (Å²) in [5.74, 6) is 0.809. The van der Waals surface area contributed by atoms with Gasteiger partial charge in [-0.1, -0.05) is 12.1 Å². The summed E-state index contributed by atoms with van der Waals surface area (Å²) in [6.07, 6.45) is 5.88. The Kier molecular flexibility index (Phi) is 5.87. The van der Waals surface area contributed by atoms with Gasteiger partial charge >= 0.3 is 0 Å². The maximum atomic E-state index is 13.2. The molecule has 0 N–H and O–H groups in total. The molecular weight excluding hydrogens is 392 g/mol. The van der Waals surface area contributed by atoms with E-state index in [0.717, 1.165) is 62.5 Å². The van der Waals surface area contributed by atoms with Crippen LogP contribution in [0.1, 0.15) is 35.6 Å². The van der Waals surface area contributed by atoms with E-state index in [0.29, 0.717) is 32.0 Å². The SMILES string of the molecule is O=C(CCc1cccnc1)N1C[C@@H]2C[C@H](C1)c1ccc(CN3CCOCC3)c(=O)n1C2. The van der Waals surface area contributed by atoms with Crippen LogP contribution in [-0.2, 0) is 29.0 Å². The molecule has 0 spiro atoms. The molecule has 31 heavy (non-hydrogen) atoms. The van der Waals surface area contributed by atoms with Gasteiger partial charge in [0.1, 0.15) is 0 Å². The molecule has 2 atom stereocenters. The molecule has 0 saturated carbocycles. The first kappa shape index (κ1) is 20.4. The second-order valence-electron chi connectivity index (χ2n) is 9.05. The largest absolute Gasteiger partial charge is 0.379 e. The van der Waals surface area contributed by atoms with E-state index in [1.807, 2.05) is 33.9 Å². The Morgan fingerprint density at radius 1 is 1.13 bits per heavy atom. The molecule has 5 heterocycles. The van der Waals surface area contributed by atoms with Crippen molar-refractivity contribution in [2.75, 3.05) is 39.4 Å². The topological polar surface area (TPSA) is 67.7 Å². The zero-order valence-corrected chi connectivity index (χ0v) is 17.9. The van der Waals surface area contributed by atoms with Gasteiger partial charge in [0.25, 0.3) is 5.56 Å². The number of hydrogen-bond acceptors (Lipinski definition) is 5. The quantitative estimate of drug-likeness (QED) is 0.733. The average molecular weight is 423 g/mol. The van der Waals surface area contributed by atoms with E-state index in [9.17, 15) is 9.59 Å². The van der Waals surface area contributed by atoms with Gasteiger partial charge in [-0.3, -0.25) is 19.5 Å². The van der Waals surface area contributed by atoms with E-state index in [1.165, 1.54) is 0 Å². The van der Waals surface area contributed by atoms with Gasteiger partial charge in [-0.25, -0.2) is 0 Å². The van der Waals surface area contributed by atoms with Gasteiger partial charge in [-0.05, 0) is 36.5 Å². The van der Waals surface area contributed by atoms with Crippen molar-refractivity contribution in [3.63, 3.8) is 0 Å². The van der Waals surface area contributed by atoms with Crippen molar-refractivity contribution < 1.29 is 9.53 Å². The molecule has 2 bridgehead atoms. The Bertz CT molecular complexity index is 984. The van der Waals surface area contributed by atoms with E-state index in [4.69, 9.17) is 4.74 Å². The fraction of sp³-hybridized carbons (Fsp3) is 0.542. The van der Waals surface area contributed by atoms with Crippen LogP contribution in [0.2, 0.25) is 0 Å². The molecule has 0 unspecified atom stereocenters. The lowest BCUT2D eigenvalue weighted by Gasteiger charge is -2.43. The molecule has 7 heteroatoms. The fourth-order valence-corrected chi connectivity index (χ4v) is 5.27. The molecule has 3 aliphatic rings. The van der Waals surface area contributed by atoms with Gasteiger partial charge in [0.2, 0.25) is 5.91 Å². The highest BCUT2D eigenvalue weighted by atomic mass is 16.5. The Hall–Kier alpha value is -2.51. The number of morpholine rings is 1. The molecule has 0 aliphatic carbocycles. The molecular formula is C24H30N4O3. The summed E-state index contributed by atoms with van der Waals surface area (Å²) in [4.78, 5) is 34.5. The van der Waals surface area contributed by atoms with Gasteiger partial charge in [0.15, 0.2) is 0 Å². The minimum Gasteiger partial charge on any atom is -0.379 e. The first-order valence-electron chi connectivity index (χ1n) is 11.4. The van der Waals surface area contributed by atoms with E-state index >= 15 is 0 Å². The standard InChI is InChI=1S/C24H30N4O3/c29-23(6-3-18-2-1-7-25-13-18)27-14-19-12-21(17-27)22-5-4-20(24(30)28(22)15-19)16-26-8-10-31-11-9-26/h1-2,4-5,7,13,19,21H,3,6,8-12,14-17H2/t19-,21+/m0/s1. The summed E-state index contributed by atoms with van der Waals surface area (Å²) >= 11 is 0. The average Bonchev–Trinajstić information content (AvgIpc) is 2.81. The van der Waals surface area contributed by atoms with Crippen molar-refractivity contribution >= 4 is 5.91 Å². The van der Waals surface area contributed by atoms with E-state index in [-0.39, 0.29) is 17.4 Å². The number of carbonyl (C=O) groups excluding carboxylic acids is 1. The zero-order valence-electron chi connectivity index (χ0n) is 17.9. The third-order valence-electron chi connectivity index (χ3n) is 6.88. The van der Waals surface area contributed by atoms with Crippen LogP contribution in [0, 0.1) is 5.92 Å². The molecule has 7 nitrogen and oxygen atoms in total. The first-order valence-corrected chi connectivity index (χ1v) is 11.4. The second-order valence-corrected chi connectivity index (χ2v) is 9.05. The van der Waals surface area contributed by atoms with Crippen molar-refractivity contribution in [1.82, 2.24) is 19.4 Å². The number of likely N-dealkylation sites (tertiary alicyclic amines) is 1. The number of carbonyl (C=O) groups is 1. The van der Waals surface area contributed by atoms with Gasteiger partial charge in [-0.15, -0.1) is 0 Å². The summed E-state index contributed by atoms with van der Waals surface area (Å²) in [6, 6.07) is 8.06. The molecule has 0 radical (unpaired) electrons. The summed E-state index contributed by atoms with van der Waals surface area (Å²) in [5, 5.41) is 0. The molecule has 5 rings (SSSR count). The van der Waals surface area contributed by atoms with Crippen molar-refractivity contribution in [2.24, 2.45) is 5.92 Å². The highest BCUT2D eigenvalue weighted by Gasteiger charge is 2.36. The van der Waals surface area contributed by atoms with Crippen molar-refractivity contribution in [1.29, 1.82) is 0 Å². The minimum atomic E-state index is 0.148. The van der Waals surface area contributed by atoms with Crippen LogP contribution in [0.25, 0.3) is 0 Å². The van der Waals surface area contributed by atoms with Crippen LogP contribution < -0.4 is 5.56 Å². The third kappa shape index (κ3) is 4.43. The van der Waals surface area contributed by atoms with Crippen LogP contribution in [0.15, 0.2) is 41.5 Å². The molecule has 2 aromatic rings. The molecule has 1 amide bonds. The molecule has 164 valence electrons. The third-order valence-corrected chi connectivity index (χ3v) is 6.88. The zero-order chi connectivity index (χ0) is 21.2. The molecule has 0 aromatic carbocycles.